The van der Waals surface area contributed by atoms with Crippen molar-refractivity contribution in [2.45, 2.75) is 26.9 Å². The predicted molar refractivity (Wildman–Crippen MR) is 171 cm³/mol. The van der Waals surface area contributed by atoms with Crippen LogP contribution in [0.5, 0.6) is 0 Å². The maximum absolute atomic E-state index is 13.2. The first kappa shape index (κ1) is 32.2. The zero-order chi connectivity index (χ0) is 27.4. The number of para-hydroxylation sites is 1. The minimum atomic E-state index is -0.661. The monoisotopic (exact) mass is 595 g/mol. The number of hydrogen-bond acceptors (Lipinski definition) is 5. The molecule has 1 atom stereocenters. The van der Waals surface area contributed by atoms with Crippen LogP contribution in [0.2, 0.25) is 0 Å². The van der Waals surface area contributed by atoms with Crippen molar-refractivity contribution in [2.75, 3.05) is 44.2 Å². The van der Waals surface area contributed by atoms with Crippen LogP contribution in [0.1, 0.15) is 27.3 Å². The van der Waals surface area contributed by atoms with Crippen LogP contribution in [0.4, 0.5) is 5.69 Å². The second-order valence-electron chi connectivity index (χ2n) is 10.3. The second kappa shape index (κ2) is 14.5. The number of aryl methyl sites for hydroxylation is 1. The molecule has 0 spiro atoms. The highest BCUT2D eigenvalue weighted by Gasteiger charge is 2.24. The molecular formula is C32H39Cl2N5O2. The highest BCUT2D eigenvalue weighted by Crippen LogP contribution is 2.27. The average Bonchev–Trinajstić information content (AvgIpc) is 3.31. The Morgan fingerprint density at radius 3 is 2.17 bits per heavy atom. The summed E-state index contributed by atoms with van der Waals surface area (Å²) in [5.41, 5.74) is 6.93. The van der Waals surface area contributed by atoms with Crippen LogP contribution in [-0.2, 0) is 0 Å². The lowest BCUT2D eigenvalue weighted by molar-refractivity contribution is 0.0847. The largest absolute Gasteiger partial charge is 0.390 e. The molecule has 41 heavy (non-hydrogen) atoms. The van der Waals surface area contributed by atoms with Gasteiger partial charge in [-0.05, 0) is 50.1 Å². The number of aliphatic hydroxyl groups excluding tert-OH is 1. The van der Waals surface area contributed by atoms with Crippen LogP contribution >= 0.6 is 24.8 Å². The standard InChI is InChI=1S/C32H37N5O2.2ClH/c1-23-11-10-16-29(24(23)2)36-19-17-35(18-20-36)22-28(38)21-33-32(39)30-25(3)37(27-14-8-5-9-15-27)31(34-30)26-12-6-4-7-13-26;;/h4-16,28,38H,17-22H2,1-3H3,(H,33,39);2*1H. The lowest BCUT2D eigenvalue weighted by Gasteiger charge is -2.37. The zero-order valence-corrected chi connectivity index (χ0v) is 25.4. The van der Waals surface area contributed by atoms with Crippen LogP contribution in [-0.4, -0.2) is 70.8 Å². The Hall–Kier alpha value is -3.36. The molecule has 9 heteroatoms. The number of nitrogens with zero attached hydrogens (tertiary/aromatic N) is 4. The molecule has 0 bridgehead atoms. The van der Waals surface area contributed by atoms with E-state index in [1.165, 1.54) is 16.8 Å². The minimum Gasteiger partial charge on any atom is -0.390 e. The average molecular weight is 597 g/mol. The van der Waals surface area contributed by atoms with Crippen molar-refractivity contribution in [1.29, 1.82) is 0 Å². The lowest BCUT2D eigenvalue weighted by atomic mass is 10.1. The third-order valence-corrected chi connectivity index (χ3v) is 7.63. The normalized spacial score (nSPS) is 14.1. The molecule has 2 N–H and O–H groups in total. The number of amides is 1. The molecule has 1 amide bonds. The Morgan fingerprint density at radius 1 is 0.878 bits per heavy atom. The zero-order valence-electron chi connectivity index (χ0n) is 23.8. The molecule has 3 aromatic carbocycles. The lowest BCUT2D eigenvalue weighted by Crippen LogP contribution is -2.50. The van der Waals surface area contributed by atoms with Gasteiger partial charge in [0.1, 0.15) is 11.5 Å². The quantitative estimate of drug-likeness (QED) is 0.292. The Kier molecular flexibility index (Phi) is 11.4. The molecular weight excluding hydrogens is 557 g/mol. The van der Waals surface area contributed by atoms with Crippen LogP contribution < -0.4 is 10.2 Å². The fraction of sp³-hybridized carbons (Fsp3) is 0.312. The number of piperazine rings is 1. The van der Waals surface area contributed by atoms with Crippen molar-refractivity contribution in [1.82, 2.24) is 19.8 Å². The van der Waals surface area contributed by atoms with E-state index in [-0.39, 0.29) is 37.3 Å². The van der Waals surface area contributed by atoms with Crippen molar-refractivity contribution in [3.8, 4) is 17.1 Å². The van der Waals surface area contributed by atoms with Crippen molar-refractivity contribution >= 4 is 36.4 Å². The number of carbonyl (C=O) groups excluding carboxylic acids is 1. The summed E-state index contributed by atoms with van der Waals surface area (Å²) in [6, 6.07) is 26.3. The number of imidazole rings is 1. The fourth-order valence-electron chi connectivity index (χ4n) is 5.30. The molecule has 1 fully saturated rings. The Balaban J connectivity index is 0.00000231. The van der Waals surface area contributed by atoms with E-state index < -0.39 is 6.10 Å². The number of halogens is 2. The van der Waals surface area contributed by atoms with Gasteiger partial charge in [0.2, 0.25) is 0 Å². The van der Waals surface area contributed by atoms with Crippen molar-refractivity contribution in [3.05, 3.63) is 101 Å². The van der Waals surface area contributed by atoms with E-state index in [2.05, 4.69) is 47.2 Å². The molecule has 1 aliphatic rings. The molecule has 0 radical (unpaired) electrons. The number of aromatic nitrogens is 2. The summed E-state index contributed by atoms with van der Waals surface area (Å²) in [5.74, 6) is 0.435. The van der Waals surface area contributed by atoms with Crippen LogP contribution in [0.25, 0.3) is 17.1 Å². The highest BCUT2D eigenvalue weighted by molar-refractivity contribution is 5.94. The second-order valence-corrected chi connectivity index (χ2v) is 10.3. The molecule has 2 heterocycles. The number of rotatable bonds is 8. The summed E-state index contributed by atoms with van der Waals surface area (Å²) >= 11 is 0. The summed E-state index contributed by atoms with van der Waals surface area (Å²) in [4.78, 5) is 22.7. The summed E-state index contributed by atoms with van der Waals surface area (Å²) < 4.78 is 2.01. The molecule has 218 valence electrons. The first-order chi connectivity index (χ1) is 18.9. The SMILES string of the molecule is Cc1cccc(N2CCN(CC(O)CNC(=O)c3nc(-c4ccccc4)n(-c4ccccc4)c3C)CC2)c1C.Cl.Cl. The van der Waals surface area contributed by atoms with Gasteiger partial charge in [-0.2, -0.15) is 0 Å². The minimum absolute atomic E-state index is 0. The first-order valence-electron chi connectivity index (χ1n) is 13.6. The van der Waals surface area contributed by atoms with E-state index in [1.54, 1.807) is 0 Å². The van der Waals surface area contributed by atoms with E-state index in [0.717, 1.165) is 43.1 Å². The van der Waals surface area contributed by atoms with E-state index in [1.807, 2.05) is 72.2 Å². The maximum atomic E-state index is 13.2. The van der Waals surface area contributed by atoms with Crippen molar-refractivity contribution in [2.24, 2.45) is 0 Å². The van der Waals surface area contributed by atoms with Gasteiger partial charge in [-0.1, -0.05) is 60.7 Å². The number of hydrogen-bond donors (Lipinski definition) is 2. The number of nitrogens with one attached hydrogen (secondary N) is 1. The van der Waals surface area contributed by atoms with Gasteiger partial charge in [0.05, 0.1) is 11.8 Å². The van der Waals surface area contributed by atoms with E-state index in [0.29, 0.717) is 18.1 Å². The van der Waals surface area contributed by atoms with Gasteiger partial charge in [0.15, 0.2) is 0 Å². The summed E-state index contributed by atoms with van der Waals surface area (Å²) in [6.07, 6.45) is -0.661. The molecule has 7 nitrogen and oxygen atoms in total. The molecule has 1 aliphatic heterocycles. The fourth-order valence-corrected chi connectivity index (χ4v) is 5.30. The van der Waals surface area contributed by atoms with E-state index in [9.17, 15) is 9.90 Å². The molecule has 0 saturated carbocycles. The Morgan fingerprint density at radius 2 is 1.51 bits per heavy atom. The number of benzene rings is 3. The predicted octanol–water partition coefficient (Wildman–Crippen LogP) is 5.22. The Bertz CT molecular complexity index is 1420. The summed E-state index contributed by atoms with van der Waals surface area (Å²) in [6.45, 7) is 10.5. The molecule has 5 rings (SSSR count). The van der Waals surface area contributed by atoms with Gasteiger partial charge in [0.25, 0.3) is 5.91 Å². The number of β-amino-alcohol motifs (C(OH)–C–C–N with tert-alkyl or cyclic N) is 1. The third-order valence-electron chi connectivity index (χ3n) is 7.63. The van der Waals surface area contributed by atoms with Gasteiger partial charge >= 0.3 is 0 Å². The molecule has 1 aromatic heterocycles. The van der Waals surface area contributed by atoms with Crippen molar-refractivity contribution in [3.63, 3.8) is 0 Å². The number of aliphatic hydroxyl groups is 1. The van der Waals surface area contributed by atoms with Crippen molar-refractivity contribution < 1.29 is 9.90 Å². The smallest absolute Gasteiger partial charge is 0.271 e. The van der Waals surface area contributed by atoms with Gasteiger partial charge in [-0.15, -0.1) is 24.8 Å². The van der Waals surface area contributed by atoms with Gasteiger partial charge in [-0.25, -0.2) is 4.98 Å². The van der Waals surface area contributed by atoms with Gasteiger partial charge in [-0.3, -0.25) is 14.3 Å². The maximum Gasteiger partial charge on any atom is 0.271 e. The number of carbonyl (C=O) groups is 1. The van der Waals surface area contributed by atoms with Crippen LogP contribution in [0, 0.1) is 20.8 Å². The van der Waals surface area contributed by atoms with Crippen LogP contribution in [0.15, 0.2) is 78.9 Å². The molecule has 1 saturated heterocycles. The van der Waals surface area contributed by atoms with Crippen LogP contribution in [0.3, 0.4) is 0 Å². The van der Waals surface area contributed by atoms with E-state index >= 15 is 0 Å². The first-order valence-corrected chi connectivity index (χ1v) is 13.6. The Labute approximate surface area is 255 Å². The molecule has 0 aliphatic carbocycles. The van der Waals surface area contributed by atoms with Gasteiger partial charge < -0.3 is 15.3 Å². The number of anilines is 1. The van der Waals surface area contributed by atoms with E-state index in [4.69, 9.17) is 4.98 Å². The molecule has 4 aromatic rings. The molecule has 1 unspecified atom stereocenters. The topological polar surface area (TPSA) is 73.6 Å². The van der Waals surface area contributed by atoms with Gasteiger partial charge in [0, 0.05) is 56.2 Å². The highest BCUT2D eigenvalue weighted by atomic mass is 35.5. The summed E-state index contributed by atoms with van der Waals surface area (Å²) in [5, 5.41) is 13.7. The third kappa shape index (κ3) is 7.29. The summed E-state index contributed by atoms with van der Waals surface area (Å²) in [7, 11) is 0.